The van der Waals surface area contributed by atoms with E-state index < -0.39 is 0 Å². The highest BCUT2D eigenvalue weighted by atomic mass is 16.5. The van der Waals surface area contributed by atoms with Crippen LogP contribution < -0.4 is 4.74 Å². The fourth-order valence-corrected chi connectivity index (χ4v) is 4.59. The van der Waals surface area contributed by atoms with Crippen molar-refractivity contribution in [1.29, 1.82) is 0 Å². The average Bonchev–Trinajstić information content (AvgIpc) is 3.67. The van der Waals surface area contributed by atoms with E-state index in [1.54, 1.807) is 0 Å². The highest BCUT2D eigenvalue weighted by Gasteiger charge is 2.18. The summed E-state index contributed by atoms with van der Waals surface area (Å²) in [5, 5.41) is 0. The third-order valence-corrected chi connectivity index (χ3v) is 6.45. The van der Waals surface area contributed by atoms with Crippen LogP contribution in [-0.2, 0) is 0 Å². The fourth-order valence-electron chi connectivity index (χ4n) is 4.59. The second kappa shape index (κ2) is 9.80. The van der Waals surface area contributed by atoms with Crippen LogP contribution in [0.5, 0.6) is 5.75 Å². The van der Waals surface area contributed by atoms with Gasteiger partial charge in [0, 0.05) is 12.0 Å². The monoisotopic (exact) mass is 500 g/mol. The van der Waals surface area contributed by atoms with Gasteiger partial charge in [-0.25, -0.2) is 20.0 Å². The van der Waals surface area contributed by atoms with Gasteiger partial charge in [0.1, 0.15) is 5.75 Å². The van der Waals surface area contributed by atoms with Gasteiger partial charge in [0.15, 0.2) is 0 Å². The zero-order chi connectivity index (χ0) is 26.1. The molecule has 8 bridgehead atoms. The lowest BCUT2D eigenvalue weighted by Crippen LogP contribution is -2.35. The molecule has 0 spiro atoms. The summed E-state index contributed by atoms with van der Waals surface area (Å²) in [6.45, 7) is 1.79. The van der Waals surface area contributed by atoms with E-state index in [0.29, 0.717) is 6.61 Å². The third kappa shape index (κ3) is 5.61. The number of ether oxygens (including phenoxy) is 1. The summed E-state index contributed by atoms with van der Waals surface area (Å²) in [6.07, 6.45) is 23.2. The highest BCUT2D eigenvalue weighted by Crippen LogP contribution is 2.32. The van der Waals surface area contributed by atoms with Crippen molar-refractivity contribution in [3.8, 4) is 5.75 Å². The van der Waals surface area contributed by atoms with Crippen molar-refractivity contribution in [1.82, 2.24) is 0 Å². The van der Waals surface area contributed by atoms with E-state index in [1.807, 2.05) is 72.9 Å². The molecule has 1 aromatic rings. The van der Waals surface area contributed by atoms with Gasteiger partial charge in [0.2, 0.25) is 0 Å². The molecule has 5 aliphatic rings. The van der Waals surface area contributed by atoms with E-state index in [0.717, 1.165) is 80.0 Å². The van der Waals surface area contributed by atoms with Crippen molar-refractivity contribution in [3.63, 3.8) is 0 Å². The van der Waals surface area contributed by atoms with Crippen LogP contribution in [0.3, 0.4) is 0 Å². The Balaban J connectivity index is 1.30. The third-order valence-electron chi connectivity index (χ3n) is 6.45. The van der Waals surface area contributed by atoms with E-state index in [2.05, 4.69) is 44.3 Å². The number of benzene rings is 1. The van der Waals surface area contributed by atoms with E-state index in [4.69, 9.17) is 19.7 Å². The first-order valence-electron chi connectivity index (χ1n) is 12.9. The molecule has 0 atom stereocenters. The highest BCUT2D eigenvalue weighted by molar-refractivity contribution is 6.19. The summed E-state index contributed by atoms with van der Waals surface area (Å²) in [6, 6.07) is 8.26. The molecule has 188 valence electrons. The van der Waals surface area contributed by atoms with E-state index in [1.165, 1.54) is 0 Å². The molecule has 0 fully saturated rings. The summed E-state index contributed by atoms with van der Waals surface area (Å²) < 4.78 is 6.92. The molecule has 38 heavy (non-hydrogen) atoms. The largest absolute Gasteiger partial charge is 0.493 e. The Morgan fingerprint density at radius 1 is 0.605 bits per heavy atom. The molecule has 5 heterocycles. The SMILES string of the molecule is C[N+](C)(C)CCCOc1ccc(C2=CC3=NC2=CC2=NC(=CC4=NC(=CC5=NC(=C3)C=C5)C=C4)C=C2)cc1. The smallest absolute Gasteiger partial charge is 0.119 e. The Morgan fingerprint density at radius 3 is 1.74 bits per heavy atom. The molecule has 5 aliphatic heterocycles. The number of rotatable bonds is 6. The number of hydrogen-bond acceptors (Lipinski definition) is 5. The lowest BCUT2D eigenvalue weighted by Gasteiger charge is -2.23. The van der Waals surface area contributed by atoms with Crippen LogP contribution >= 0.6 is 0 Å². The Hall–Kier alpha value is -4.42. The molecule has 0 saturated heterocycles. The van der Waals surface area contributed by atoms with Gasteiger partial charge >= 0.3 is 0 Å². The molecular formula is C32H30N5O+. The van der Waals surface area contributed by atoms with Crippen molar-refractivity contribution in [3.05, 3.63) is 119 Å². The minimum absolute atomic E-state index is 0.709. The maximum absolute atomic E-state index is 5.99. The molecule has 0 N–H and O–H groups in total. The van der Waals surface area contributed by atoms with Crippen molar-refractivity contribution in [2.24, 2.45) is 20.0 Å². The van der Waals surface area contributed by atoms with Gasteiger partial charge < -0.3 is 9.22 Å². The summed E-state index contributed by atoms with van der Waals surface area (Å²) >= 11 is 0. The van der Waals surface area contributed by atoms with Crippen LogP contribution in [-0.4, -0.2) is 61.6 Å². The van der Waals surface area contributed by atoms with Gasteiger partial charge in [-0.3, -0.25) is 0 Å². The number of fused-ring (bicyclic) bond motifs is 4. The first-order chi connectivity index (χ1) is 18.4. The summed E-state index contributed by atoms with van der Waals surface area (Å²) in [7, 11) is 6.59. The Kier molecular flexibility index (Phi) is 6.18. The number of hydrogen-bond donors (Lipinski definition) is 0. The molecule has 6 nitrogen and oxygen atoms in total. The van der Waals surface area contributed by atoms with Crippen molar-refractivity contribution in [2.45, 2.75) is 6.42 Å². The topological polar surface area (TPSA) is 58.7 Å². The summed E-state index contributed by atoms with van der Waals surface area (Å²) in [5.41, 5.74) is 9.07. The number of aliphatic imine (C=N–C) groups is 4. The van der Waals surface area contributed by atoms with Crippen molar-refractivity contribution >= 4 is 28.4 Å². The average molecular weight is 501 g/mol. The van der Waals surface area contributed by atoms with Gasteiger partial charge in [0.05, 0.1) is 79.9 Å². The van der Waals surface area contributed by atoms with Gasteiger partial charge in [-0.1, -0.05) is 12.1 Å². The van der Waals surface area contributed by atoms with Gasteiger partial charge in [-0.15, -0.1) is 0 Å². The maximum Gasteiger partial charge on any atom is 0.119 e. The van der Waals surface area contributed by atoms with E-state index in [-0.39, 0.29) is 0 Å². The minimum atomic E-state index is 0.709. The van der Waals surface area contributed by atoms with Gasteiger partial charge in [0.25, 0.3) is 0 Å². The first-order valence-corrected chi connectivity index (χ1v) is 12.9. The molecule has 0 aromatic heterocycles. The summed E-state index contributed by atoms with van der Waals surface area (Å²) in [4.78, 5) is 19.1. The predicted octanol–water partition coefficient (Wildman–Crippen LogP) is 5.58. The van der Waals surface area contributed by atoms with E-state index in [9.17, 15) is 0 Å². The van der Waals surface area contributed by atoms with Crippen LogP contribution in [0.15, 0.2) is 134 Å². The zero-order valence-corrected chi connectivity index (χ0v) is 21.9. The molecule has 6 rings (SSSR count). The molecule has 0 amide bonds. The summed E-state index contributed by atoms with van der Waals surface area (Å²) in [5.74, 6) is 0.879. The maximum atomic E-state index is 5.99. The molecule has 6 heteroatoms. The van der Waals surface area contributed by atoms with Crippen molar-refractivity contribution in [2.75, 3.05) is 34.3 Å². The molecule has 0 saturated carbocycles. The molecule has 0 radical (unpaired) electrons. The van der Waals surface area contributed by atoms with Crippen LogP contribution in [0.2, 0.25) is 0 Å². The standard InChI is InChI=1S/C32H30N5O/c1-37(2,3)15-4-16-38-30-13-5-22(6-14-30)31-20-29-19-27-10-9-25(34-27)17-23-7-8-24(33-23)18-26-11-12-28(35-26)21-32(31)36-29/h5-14,17-21H,4,15-16H2,1-3H3/q+1. The second-order valence-corrected chi connectivity index (χ2v) is 10.7. The van der Waals surface area contributed by atoms with Crippen LogP contribution in [0.1, 0.15) is 12.0 Å². The number of nitrogens with zero attached hydrogens (tertiary/aromatic N) is 5. The van der Waals surface area contributed by atoms with Crippen LogP contribution in [0.25, 0.3) is 5.57 Å². The molecule has 0 unspecified atom stereocenters. The Morgan fingerprint density at radius 2 is 1.16 bits per heavy atom. The first kappa shape index (κ1) is 23.9. The lowest BCUT2D eigenvalue weighted by atomic mass is 10.0. The predicted molar refractivity (Wildman–Crippen MR) is 157 cm³/mol. The van der Waals surface area contributed by atoms with E-state index >= 15 is 0 Å². The normalized spacial score (nSPS) is 19.3. The Bertz CT molecular complexity index is 1560. The quantitative estimate of drug-likeness (QED) is 0.372. The fraction of sp³-hybridized carbons (Fsp3) is 0.188. The number of quaternary nitrogens is 1. The number of allylic oxidation sites excluding steroid dienone is 12. The van der Waals surface area contributed by atoms with Gasteiger partial charge in [-0.05, 0) is 84.5 Å². The molecule has 0 aliphatic carbocycles. The molecule has 1 aromatic carbocycles. The van der Waals surface area contributed by atoms with Crippen LogP contribution in [0, 0.1) is 0 Å². The minimum Gasteiger partial charge on any atom is -0.493 e. The zero-order valence-electron chi connectivity index (χ0n) is 21.9. The van der Waals surface area contributed by atoms with Crippen molar-refractivity contribution < 1.29 is 9.22 Å². The second-order valence-electron chi connectivity index (χ2n) is 10.7. The Labute approximate surface area is 223 Å². The van der Waals surface area contributed by atoms with Crippen LogP contribution in [0.4, 0.5) is 0 Å². The molecular weight excluding hydrogens is 470 g/mol. The lowest BCUT2D eigenvalue weighted by molar-refractivity contribution is -0.870. The van der Waals surface area contributed by atoms with Gasteiger partial charge in [-0.2, -0.15) is 0 Å².